The highest BCUT2D eigenvalue weighted by atomic mass is 35.5. The molecule has 0 aromatic heterocycles. The molecule has 1 aliphatic heterocycles. The van der Waals surface area contributed by atoms with Crippen LogP contribution in [0, 0.1) is 0 Å². The number of carbonyl (C=O) groups excluding carboxylic acids is 2. The third-order valence-corrected chi connectivity index (χ3v) is 6.59. The quantitative estimate of drug-likeness (QED) is 0.248. The lowest BCUT2D eigenvalue weighted by Gasteiger charge is -2.29. The summed E-state index contributed by atoms with van der Waals surface area (Å²) in [5.41, 5.74) is -2.74. The molecule has 0 aliphatic carbocycles. The monoisotopic (exact) mass is 597 g/mol. The number of hydrogen-bond donors (Lipinski definition) is 1. The van der Waals surface area contributed by atoms with Crippen molar-refractivity contribution in [2.45, 2.75) is 24.7 Å². The zero-order chi connectivity index (χ0) is 30.0. The van der Waals surface area contributed by atoms with Gasteiger partial charge in [-0.1, -0.05) is 35.9 Å². The second-order valence-electron chi connectivity index (χ2n) is 9.10. The van der Waals surface area contributed by atoms with Crippen molar-refractivity contribution in [1.29, 1.82) is 0 Å². The third-order valence-electron chi connectivity index (χ3n) is 6.33. The number of nitrogens with zero attached hydrogens (tertiary/aromatic N) is 2. The Hall–Kier alpha value is -4.06. The second-order valence-corrected chi connectivity index (χ2v) is 9.54. The fraction of sp³-hybridized carbons (Fsp3) is 0.250. The molecule has 0 spiro atoms. The normalized spacial score (nSPS) is 17.3. The molecule has 0 bridgehead atoms. The van der Waals surface area contributed by atoms with Gasteiger partial charge in [0.05, 0.1) is 30.0 Å². The van der Waals surface area contributed by atoms with Crippen LogP contribution >= 0.6 is 11.6 Å². The first-order valence-corrected chi connectivity index (χ1v) is 12.5. The number of carbonyl (C=O) groups is 2. The number of amides is 1. The number of ether oxygens (including phenoxy) is 1. The maximum absolute atomic E-state index is 13.6. The first-order valence-electron chi connectivity index (χ1n) is 12.2. The highest BCUT2D eigenvalue weighted by Gasteiger charge is 2.53. The zero-order valence-corrected chi connectivity index (χ0v) is 22.1. The lowest BCUT2D eigenvalue weighted by atomic mass is 9.74. The van der Waals surface area contributed by atoms with E-state index in [-0.39, 0.29) is 30.1 Å². The molecule has 41 heavy (non-hydrogen) atoms. The van der Waals surface area contributed by atoms with E-state index < -0.39 is 47.3 Å². The second kappa shape index (κ2) is 11.4. The minimum Gasteiger partial charge on any atom is -0.465 e. The van der Waals surface area contributed by atoms with E-state index in [1.807, 2.05) is 0 Å². The number of hydrazone groups is 1. The summed E-state index contributed by atoms with van der Waals surface area (Å²) in [6.45, 7) is 0.834. The standard InChI is InChI=1S/C28H22ClF6N3O3/c1-2-41-25(40)26(18-5-7-19(8-6-18)27(30,31)32)16-38(37-24(26)17-3-11-21(29)12-4-17)15-23(39)36-22-13-9-20(10-14-22)28(33,34)35/h3-14H,2,15-16H2,1H3,(H,36,39). The van der Waals surface area contributed by atoms with E-state index in [0.29, 0.717) is 10.6 Å². The SMILES string of the molecule is CCOC(=O)C1(c2ccc(C(F)(F)F)cc2)CN(CC(=O)Nc2ccc(C(F)(F)F)cc2)N=C1c1ccc(Cl)cc1. The molecule has 0 fully saturated rings. The number of anilines is 1. The number of rotatable bonds is 7. The number of benzene rings is 3. The van der Waals surface area contributed by atoms with Gasteiger partial charge in [-0.25, -0.2) is 0 Å². The number of halogens is 7. The van der Waals surface area contributed by atoms with Crippen LogP contribution in [0.15, 0.2) is 77.9 Å². The molecule has 1 amide bonds. The van der Waals surface area contributed by atoms with Crippen LogP contribution in [0.25, 0.3) is 0 Å². The van der Waals surface area contributed by atoms with Crippen molar-refractivity contribution in [2.75, 3.05) is 25.0 Å². The van der Waals surface area contributed by atoms with Crippen molar-refractivity contribution in [3.05, 3.63) is 100 Å². The summed E-state index contributed by atoms with van der Waals surface area (Å²) in [4.78, 5) is 26.4. The molecular formula is C28H22ClF6N3O3. The summed E-state index contributed by atoms with van der Waals surface area (Å²) in [6.07, 6.45) is -9.15. The molecule has 0 radical (unpaired) electrons. The fourth-order valence-corrected chi connectivity index (χ4v) is 4.55. The van der Waals surface area contributed by atoms with E-state index in [1.54, 1.807) is 31.2 Å². The Morgan fingerprint density at radius 3 is 1.95 bits per heavy atom. The van der Waals surface area contributed by atoms with Gasteiger partial charge in [0, 0.05) is 10.7 Å². The molecule has 0 saturated carbocycles. The van der Waals surface area contributed by atoms with Crippen LogP contribution in [-0.4, -0.2) is 42.3 Å². The molecule has 6 nitrogen and oxygen atoms in total. The topological polar surface area (TPSA) is 71.0 Å². The van der Waals surface area contributed by atoms with Crippen molar-refractivity contribution in [2.24, 2.45) is 5.10 Å². The van der Waals surface area contributed by atoms with E-state index in [9.17, 15) is 35.9 Å². The molecule has 3 aromatic carbocycles. The first kappa shape index (κ1) is 29.9. The van der Waals surface area contributed by atoms with Gasteiger partial charge in [0.15, 0.2) is 5.41 Å². The molecular weight excluding hydrogens is 576 g/mol. The Morgan fingerprint density at radius 2 is 1.44 bits per heavy atom. The lowest BCUT2D eigenvalue weighted by Crippen LogP contribution is -2.48. The predicted octanol–water partition coefficient (Wildman–Crippen LogP) is 6.54. The van der Waals surface area contributed by atoms with E-state index in [0.717, 1.165) is 48.5 Å². The van der Waals surface area contributed by atoms with E-state index in [4.69, 9.17) is 16.3 Å². The minimum absolute atomic E-state index is 0.0382. The van der Waals surface area contributed by atoms with Crippen LogP contribution in [0.5, 0.6) is 0 Å². The van der Waals surface area contributed by atoms with Gasteiger partial charge in [-0.2, -0.15) is 31.4 Å². The Bertz CT molecular complexity index is 1440. The van der Waals surface area contributed by atoms with Crippen molar-refractivity contribution < 1.29 is 40.7 Å². The maximum Gasteiger partial charge on any atom is 0.416 e. The summed E-state index contributed by atoms with van der Waals surface area (Å²) in [5.74, 6) is -1.45. The molecule has 0 saturated heterocycles. The lowest BCUT2D eigenvalue weighted by molar-refractivity contribution is -0.147. The third kappa shape index (κ3) is 6.48. The smallest absolute Gasteiger partial charge is 0.416 e. The van der Waals surface area contributed by atoms with Crippen molar-refractivity contribution in [3.63, 3.8) is 0 Å². The van der Waals surface area contributed by atoms with Crippen LogP contribution in [0.1, 0.15) is 29.2 Å². The van der Waals surface area contributed by atoms with Crippen molar-refractivity contribution in [1.82, 2.24) is 5.01 Å². The van der Waals surface area contributed by atoms with Crippen LogP contribution in [-0.2, 0) is 32.1 Å². The first-order chi connectivity index (χ1) is 19.2. The molecule has 216 valence electrons. The van der Waals surface area contributed by atoms with Crippen LogP contribution < -0.4 is 5.32 Å². The molecule has 1 heterocycles. The molecule has 1 aliphatic rings. The maximum atomic E-state index is 13.6. The van der Waals surface area contributed by atoms with Crippen molar-refractivity contribution in [3.8, 4) is 0 Å². The Balaban J connectivity index is 1.70. The van der Waals surface area contributed by atoms with Gasteiger partial charge < -0.3 is 10.1 Å². The fourth-order valence-electron chi connectivity index (χ4n) is 4.43. The van der Waals surface area contributed by atoms with Gasteiger partial charge in [0.25, 0.3) is 0 Å². The molecule has 1 N–H and O–H groups in total. The van der Waals surface area contributed by atoms with Gasteiger partial charge in [-0.3, -0.25) is 14.6 Å². The van der Waals surface area contributed by atoms with Gasteiger partial charge in [-0.15, -0.1) is 0 Å². The van der Waals surface area contributed by atoms with Gasteiger partial charge in [0.1, 0.15) is 6.54 Å². The molecule has 4 rings (SSSR count). The Morgan fingerprint density at radius 1 is 0.902 bits per heavy atom. The summed E-state index contributed by atoms with van der Waals surface area (Å²) < 4.78 is 83.8. The number of hydrogen-bond acceptors (Lipinski definition) is 5. The summed E-state index contributed by atoms with van der Waals surface area (Å²) in [6, 6.07) is 14.1. The summed E-state index contributed by atoms with van der Waals surface area (Å²) in [5, 5.41) is 8.61. The number of esters is 1. The summed E-state index contributed by atoms with van der Waals surface area (Å²) in [7, 11) is 0. The molecule has 1 atom stereocenters. The average Bonchev–Trinajstić information content (AvgIpc) is 3.28. The van der Waals surface area contributed by atoms with Gasteiger partial charge in [0.2, 0.25) is 5.91 Å². The van der Waals surface area contributed by atoms with Crippen LogP contribution in [0.3, 0.4) is 0 Å². The van der Waals surface area contributed by atoms with Crippen LogP contribution in [0.2, 0.25) is 5.02 Å². The van der Waals surface area contributed by atoms with Crippen molar-refractivity contribution >= 4 is 34.9 Å². The predicted molar refractivity (Wildman–Crippen MR) is 139 cm³/mol. The zero-order valence-electron chi connectivity index (χ0n) is 21.3. The van der Waals surface area contributed by atoms with E-state index >= 15 is 0 Å². The molecule has 13 heteroatoms. The summed E-state index contributed by atoms with van der Waals surface area (Å²) >= 11 is 6.02. The Kier molecular flexibility index (Phi) is 8.34. The highest BCUT2D eigenvalue weighted by molar-refractivity contribution is 6.31. The van der Waals surface area contributed by atoms with Gasteiger partial charge >= 0.3 is 18.3 Å². The molecule has 3 aromatic rings. The molecule has 1 unspecified atom stereocenters. The Labute approximate surface area is 235 Å². The largest absolute Gasteiger partial charge is 0.465 e. The number of alkyl halides is 6. The van der Waals surface area contributed by atoms with E-state index in [1.165, 1.54) is 5.01 Å². The average molecular weight is 598 g/mol. The number of nitrogens with one attached hydrogen (secondary N) is 1. The highest BCUT2D eigenvalue weighted by Crippen LogP contribution is 2.39. The van der Waals surface area contributed by atoms with E-state index in [2.05, 4.69) is 10.4 Å². The van der Waals surface area contributed by atoms with Crippen LogP contribution in [0.4, 0.5) is 32.0 Å². The minimum atomic E-state index is -4.61. The van der Waals surface area contributed by atoms with Gasteiger partial charge in [-0.05, 0) is 66.6 Å².